The molecule has 2 rings (SSSR count). The summed E-state index contributed by atoms with van der Waals surface area (Å²) >= 11 is 11.9. The molecule has 0 unspecified atom stereocenters. The number of ketones is 1. The number of rotatable bonds is 2. The van der Waals surface area contributed by atoms with Gasteiger partial charge in [-0.2, -0.15) is 0 Å². The Balaban J connectivity index is 2.09. The van der Waals surface area contributed by atoms with Gasteiger partial charge in [-0.15, -0.1) is 0 Å². The first-order chi connectivity index (χ1) is 8.99. The Kier molecular flexibility index (Phi) is 4.48. The standard InChI is InChI=1S/C14H15Cl2NO2/c1-9(18)17-6-4-10(5-7-17)14(19)12-8-11(15)2-3-13(12)16/h2-3,8,10H,4-7H2,1H3. The molecule has 0 N–H and O–H groups in total. The van der Waals surface area contributed by atoms with Crippen molar-refractivity contribution >= 4 is 34.9 Å². The van der Waals surface area contributed by atoms with E-state index in [0.29, 0.717) is 41.5 Å². The lowest BCUT2D eigenvalue weighted by atomic mass is 9.89. The molecule has 3 nitrogen and oxygen atoms in total. The van der Waals surface area contributed by atoms with Crippen molar-refractivity contribution in [2.24, 2.45) is 5.92 Å². The maximum absolute atomic E-state index is 12.4. The largest absolute Gasteiger partial charge is 0.343 e. The summed E-state index contributed by atoms with van der Waals surface area (Å²) in [6.07, 6.45) is 1.36. The van der Waals surface area contributed by atoms with E-state index in [1.807, 2.05) is 0 Å². The van der Waals surface area contributed by atoms with Gasteiger partial charge in [0.25, 0.3) is 0 Å². The average Bonchev–Trinajstić information content (AvgIpc) is 2.41. The molecular weight excluding hydrogens is 285 g/mol. The summed E-state index contributed by atoms with van der Waals surface area (Å²) in [5.41, 5.74) is 0.482. The van der Waals surface area contributed by atoms with Crippen LogP contribution in [0.2, 0.25) is 10.0 Å². The van der Waals surface area contributed by atoms with Crippen LogP contribution in [0.15, 0.2) is 18.2 Å². The molecule has 5 heteroatoms. The van der Waals surface area contributed by atoms with Gasteiger partial charge in [0.05, 0.1) is 5.02 Å². The van der Waals surface area contributed by atoms with Crippen molar-refractivity contribution in [2.75, 3.05) is 13.1 Å². The fourth-order valence-electron chi connectivity index (χ4n) is 2.36. The van der Waals surface area contributed by atoms with Crippen LogP contribution in [0.1, 0.15) is 30.1 Å². The molecule has 1 aliphatic heterocycles. The molecule has 1 aliphatic rings. The second-order valence-electron chi connectivity index (χ2n) is 4.77. The Morgan fingerprint density at radius 2 is 1.84 bits per heavy atom. The van der Waals surface area contributed by atoms with Crippen molar-refractivity contribution in [3.05, 3.63) is 33.8 Å². The van der Waals surface area contributed by atoms with Gasteiger partial charge < -0.3 is 4.90 Å². The molecule has 0 aromatic heterocycles. The van der Waals surface area contributed by atoms with E-state index >= 15 is 0 Å². The van der Waals surface area contributed by atoms with Crippen molar-refractivity contribution in [3.8, 4) is 0 Å². The quantitative estimate of drug-likeness (QED) is 0.785. The molecule has 1 amide bonds. The molecule has 1 fully saturated rings. The number of hydrogen-bond acceptors (Lipinski definition) is 2. The molecular formula is C14H15Cl2NO2. The van der Waals surface area contributed by atoms with Gasteiger partial charge in [0, 0.05) is 36.5 Å². The van der Waals surface area contributed by atoms with Gasteiger partial charge in [0.1, 0.15) is 0 Å². The highest BCUT2D eigenvalue weighted by Crippen LogP contribution is 2.27. The van der Waals surface area contributed by atoms with E-state index in [0.717, 1.165) is 0 Å². The van der Waals surface area contributed by atoms with Gasteiger partial charge in [-0.1, -0.05) is 23.2 Å². The Morgan fingerprint density at radius 3 is 2.42 bits per heavy atom. The van der Waals surface area contributed by atoms with Crippen molar-refractivity contribution < 1.29 is 9.59 Å². The number of hydrogen-bond donors (Lipinski definition) is 0. The van der Waals surface area contributed by atoms with Crippen LogP contribution < -0.4 is 0 Å². The van der Waals surface area contributed by atoms with Gasteiger partial charge in [-0.25, -0.2) is 0 Å². The minimum atomic E-state index is -0.0773. The summed E-state index contributed by atoms with van der Waals surface area (Å²) in [5, 5.41) is 0.942. The first-order valence-electron chi connectivity index (χ1n) is 6.24. The molecule has 102 valence electrons. The highest BCUT2D eigenvalue weighted by molar-refractivity contribution is 6.36. The third-order valence-electron chi connectivity index (χ3n) is 3.50. The lowest BCUT2D eigenvalue weighted by Crippen LogP contribution is -2.39. The minimum absolute atomic E-state index is 0.0238. The summed E-state index contributed by atoms with van der Waals surface area (Å²) < 4.78 is 0. The van der Waals surface area contributed by atoms with Crippen LogP contribution in [0, 0.1) is 5.92 Å². The third-order valence-corrected chi connectivity index (χ3v) is 4.07. The topological polar surface area (TPSA) is 37.4 Å². The number of halogens is 2. The van der Waals surface area contributed by atoms with E-state index in [1.54, 1.807) is 30.0 Å². The lowest BCUT2D eigenvalue weighted by molar-refractivity contribution is -0.130. The Morgan fingerprint density at radius 1 is 1.21 bits per heavy atom. The van der Waals surface area contributed by atoms with E-state index in [4.69, 9.17) is 23.2 Å². The molecule has 1 heterocycles. The number of amides is 1. The number of piperidine rings is 1. The van der Waals surface area contributed by atoms with Gasteiger partial charge in [0.2, 0.25) is 5.91 Å². The summed E-state index contributed by atoms with van der Waals surface area (Å²) in [6, 6.07) is 4.92. The molecule has 0 spiro atoms. The molecule has 0 bridgehead atoms. The van der Waals surface area contributed by atoms with Crippen LogP contribution in [0.3, 0.4) is 0 Å². The normalized spacial score (nSPS) is 16.5. The van der Waals surface area contributed by atoms with Gasteiger partial charge in [-0.05, 0) is 31.0 Å². The smallest absolute Gasteiger partial charge is 0.219 e. The zero-order valence-electron chi connectivity index (χ0n) is 10.7. The number of carbonyl (C=O) groups is 2. The number of nitrogens with zero attached hydrogens (tertiary/aromatic N) is 1. The molecule has 1 saturated heterocycles. The van der Waals surface area contributed by atoms with Crippen LogP contribution in [0.5, 0.6) is 0 Å². The van der Waals surface area contributed by atoms with Crippen LogP contribution >= 0.6 is 23.2 Å². The van der Waals surface area contributed by atoms with Gasteiger partial charge in [-0.3, -0.25) is 9.59 Å². The predicted octanol–water partition coefficient (Wildman–Crippen LogP) is 3.43. The van der Waals surface area contributed by atoms with Crippen molar-refractivity contribution in [2.45, 2.75) is 19.8 Å². The molecule has 0 saturated carbocycles. The zero-order chi connectivity index (χ0) is 14.0. The van der Waals surface area contributed by atoms with E-state index < -0.39 is 0 Å². The summed E-state index contributed by atoms with van der Waals surface area (Å²) in [6.45, 7) is 2.81. The van der Waals surface area contributed by atoms with Crippen molar-refractivity contribution in [1.82, 2.24) is 4.90 Å². The first-order valence-corrected chi connectivity index (χ1v) is 6.99. The van der Waals surface area contributed by atoms with Gasteiger partial charge in [0.15, 0.2) is 5.78 Å². The molecule has 1 aromatic carbocycles. The summed E-state index contributed by atoms with van der Waals surface area (Å²) in [7, 11) is 0. The highest BCUT2D eigenvalue weighted by atomic mass is 35.5. The molecule has 0 atom stereocenters. The maximum Gasteiger partial charge on any atom is 0.219 e. The van der Waals surface area contributed by atoms with Crippen LogP contribution in [0.4, 0.5) is 0 Å². The van der Waals surface area contributed by atoms with E-state index in [9.17, 15) is 9.59 Å². The second-order valence-corrected chi connectivity index (χ2v) is 5.61. The van der Waals surface area contributed by atoms with Crippen LogP contribution in [0.25, 0.3) is 0 Å². The summed E-state index contributed by atoms with van der Waals surface area (Å²) in [4.78, 5) is 25.4. The second kappa shape index (κ2) is 5.93. The number of Topliss-reactive ketones (excluding diaryl/α,β-unsaturated/α-hetero) is 1. The monoisotopic (exact) mass is 299 g/mol. The van der Waals surface area contributed by atoms with Gasteiger partial charge >= 0.3 is 0 Å². The highest BCUT2D eigenvalue weighted by Gasteiger charge is 2.27. The fraction of sp³-hybridized carbons (Fsp3) is 0.429. The van der Waals surface area contributed by atoms with E-state index in [1.165, 1.54) is 0 Å². The Bertz CT molecular complexity index is 508. The summed E-state index contributed by atoms with van der Waals surface area (Å²) in [5.74, 6) is 0.00829. The molecule has 1 aromatic rings. The Labute approximate surface area is 122 Å². The lowest BCUT2D eigenvalue weighted by Gasteiger charge is -2.30. The van der Waals surface area contributed by atoms with E-state index in [2.05, 4.69) is 0 Å². The first kappa shape index (κ1) is 14.4. The average molecular weight is 300 g/mol. The Hall–Kier alpha value is -1.06. The van der Waals surface area contributed by atoms with E-state index in [-0.39, 0.29) is 17.6 Å². The molecule has 0 aliphatic carbocycles. The molecule has 0 radical (unpaired) electrons. The maximum atomic E-state index is 12.4. The minimum Gasteiger partial charge on any atom is -0.343 e. The third kappa shape index (κ3) is 3.28. The number of benzene rings is 1. The number of carbonyl (C=O) groups excluding carboxylic acids is 2. The fourth-order valence-corrected chi connectivity index (χ4v) is 2.75. The van der Waals surface area contributed by atoms with Crippen molar-refractivity contribution in [3.63, 3.8) is 0 Å². The zero-order valence-corrected chi connectivity index (χ0v) is 12.2. The van der Waals surface area contributed by atoms with Crippen molar-refractivity contribution in [1.29, 1.82) is 0 Å². The van der Waals surface area contributed by atoms with Crippen LogP contribution in [-0.2, 0) is 4.79 Å². The predicted molar refractivity (Wildman–Crippen MR) is 75.8 cm³/mol. The SMILES string of the molecule is CC(=O)N1CCC(C(=O)c2cc(Cl)ccc2Cl)CC1. The molecule has 19 heavy (non-hydrogen) atoms. The number of likely N-dealkylation sites (tertiary alicyclic amines) is 1. The van der Waals surface area contributed by atoms with Crippen LogP contribution in [-0.4, -0.2) is 29.7 Å².